The van der Waals surface area contributed by atoms with Crippen molar-refractivity contribution in [3.8, 4) is 0 Å². The van der Waals surface area contributed by atoms with Crippen LogP contribution in [-0.2, 0) is 16.0 Å². The van der Waals surface area contributed by atoms with E-state index in [4.69, 9.17) is 9.59 Å². The van der Waals surface area contributed by atoms with Gasteiger partial charge in [-0.3, -0.25) is 0 Å². The zero-order chi connectivity index (χ0) is 11.7. The molecule has 82 valence electrons. The Balaban J connectivity index is 0.000000583. The van der Waals surface area contributed by atoms with Gasteiger partial charge in [-0.25, -0.2) is 0 Å². The molecule has 0 unspecified atom stereocenters. The van der Waals surface area contributed by atoms with Gasteiger partial charge in [0.25, 0.3) is 0 Å². The fraction of sp³-hybridized carbons (Fsp3) is 0.417. The summed E-state index contributed by atoms with van der Waals surface area (Å²) in [6.45, 7) is 6.63. The Bertz CT molecular complexity index is 298. The third-order valence-corrected chi connectivity index (χ3v) is 2.72. The highest BCUT2D eigenvalue weighted by molar-refractivity contribution is 7.99. The molecule has 0 N–H and O–H groups in total. The third kappa shape index (κ3) is 6.95. The van der Waals surface area contributed by atoms with E-state index in [0.29, 0.717) is 5.25 Å². The molecular formula is C12H16O2S. The second kappa shape index (κ2) is 8.27. The maximum atomic E-state index is 8.12. The van der Waals surface area contributed by atoms with Crippen LogP contribution in [0.3, 0.4) is 0 Å². The van der Waals surface area contributed by atoms with Crippen molar-refractivity contribution in [2.45, 2.75) is 37.3 Å². The van der Waals surface area contributed by atoms with Crippen molar-refractivity contribution in [2.75, 3.05) is 0 Å². The summed E-state index contributed by atoms with van der Waals surface area (Å²) in [5, 5.41) is 0.678. The molecule has 1 aromatic carbocycles. The fourth-order valence-corrected chi connectivity index (χ4v) is 1.91. The minimum absolute atomic E-state index is 0.250. The molecule has 0 atom stereocenters. The SMILES string of the molecule is CCc1ccc(SC(C)C)cc1.O=C=O. The van der Waals surface area contributed by atoms with Crippen LogP contribution in [0, 0.1) is 0 Å². The van der Waals surface area contributed by atoms with Crippen molar-refractivity contribution < 1.29 is 9.59 Å². The Labute approximate surface area is 95.1 Å². The molecule has 3 heteroatoms. The number of carbonyl (C=O) groups excluding carboxylic acids is 2. The smallest absolute Gasteiger partial charge is 0.186 e. The molecule has 0 aromatic heterocycles. The van der Waals surface area contributed by atoms with Crippen molar-refractivity contribution >= 4 is 17.9 Å². The van der Waals surface area contributed by atoms with Gasteiger partial charge in [-0.05, 0) is 24.1 Å². The van der Waals surface area contributed by atoms with Crippen LogP contribution in [0.2, 0.25) is 0 Å². The van der Waals surface area contributed by atoms with Crippen LogP contribution >= 0.6 is 11.8 Å². The summed E-state index contributed by atoms with van der Waals surface area (Å²) in [6, 6.07) is 8.85. The molecule has 0 aliphatic heterocycles. The average Bonchev–Trinajstić information content (AvgIpc) is 2.19. The molecule has 0 amide bonds. The van der Waals surface area contributed by atoms with Gasteiger partial charge in [-0.2, -0.15) is 9.59 Å². The van der Waals surface area contributed by atoms with Gasteiger partial charge in [0.2, 0.25) is 0 Å². The normalized spacial score (nSPS) is 9.07. The van der Waals surface area contributed by atoms with E-state index in [1.165, 1.54) is 10.5 Å². The fourth-order valence-electron chi connectivity index (χ4n) is 1.08. The Morgan fingerprint density at radius 2 is 1.67 bits per heavy atom. The molecular weight excluding hydrogens is 208 g/mol. The zero-order valence-corrected chi connectivity index (χ0v) is 10.1. The van der Waals surface area contributed by atoms with Crippen molar-refractivity contribution in [3.05, 3.63) is 29.8 Å². The molecule has 1 rings (SSSR count). The number of hydrogen-bond donors (Lipinski definition) is 0. The summed E-state index contributed by atoms with van der Waals surface area (Å²) in [5.74, 6) is 0. The van der Waals surface area contributed by atoms with E-state index < -0.39 is 0 Å². The van der Waals surface area contributed by atoms with Crippen LogP contribution in [-0.4, -0.2) is 11.4 Å². The second-order valence-electron chi connectivity index (χ2n) is 3.25. The topological polar surface area (TPSA) is 34.1 Å². The first kappa shape index (κ1) is 13.9. The number of benzene rings is 1. The molecule has 0 saturated heterocycles. The van der Waals surface area contributed by atoms with E-state index in [0.717, 1.165) is 6.42 Å². The average molecular weight is 224 g/mol. The molecule has 0 spiro atoms. The molecule has 2 nitrogen and oxygen atoms in total. The van der Waals surface area contributed by atoms with Crippen LogP contribution in [0.5, 0.6) is 0 Å². The van der Waals surface area contributed by atoms with Gasteiger partial charge in [0.1, 0.15) is 0 Å². The number of aryl methyl sites for hydroxylation is 1. The Morgan fingerprint density at radius 1 is 1.20 bits per heavy atom. The van der Waals surface area contributed by atoms with Gasteiger partial charge < -0.3 is 0 Å². The molecule has 15 heavy (non-hydrogen) atoms. The maximum Gasteiger partial charge on any atom is 0.373 e. The summed E-state index contributed by atoms with van der Waals surface area (Å²) < 4.78 is 0. The van der Waals surface area contributed by atoms with Crippen molar-refractivity contribution in [3.63, 3.8) is 0 Å². The number of rotatable bonds is 3. The second-order valence-corrected chi connectivity index (χ2v) is 4.90. The quantitative estimate of drug-likeness (QED) is 0.739. The third-order valence-electron chi connectivity index (χ3n) is 1.70. The van der Waals surface area contributed by atoms with Gasteiger partial charge in [0, 0.05) is 10.1 Å². The minimum atomic E-state index is 0.250. The van der Waals surface area contributed by atoms with E-state index in [1.54, 1.807) is 0 Å². The van der Waals surface area contributed by atoms with Crippen LogP contribution in [0.4, 0.5) is 0 Å². The molecule has 0 radical (unpaired) electrons. The lowest BCUT2D eigenvalue weighted by Crippen LogP contribution is -1.86. The molecule has 0 saturated carbocycles. The molecule has 0 fully saturated rings. The summed E-state index contributed by atoms with van der Waals surface area (Å²) in [5.41, 5.74) is 1.42. The molecule has 1 aromatic rings. The van der Waals surface area contributed by atoms with Crippen molar-refractivity contribution in [1.82, 2.24) is 0 Å². The molecule has 0 heterocycles. The first-order valence-corrected chi connectivity index (χ1v) is 5.76. The number of hydrogen-bond acceptors (Lipinski definition) is 3. The monoisotopic (exact) mass is 224 g/mol. The Kier molecular flexibility index (Phi) is 7.69. The van der Waals surface area contributed by atoms with E-state index in [-0.39, 0.29) is 6.15 Å². The lowest BCUT2D eigenvalue weighted by atomic mass is 10.2. The summed E-state index contributed by atoms with van der Waals surface area (Å²) in [6.07, 6.45) is 1.38. The molecule has 0 aliphatic carbocycles. The first-order chi connectivity index (χ1) is 7.13. The minimum Gasteiger partial charge on any atom is -0.186 e. The summed E-state index contributed by atoms with van der Waals surface area (Å²) in [7, 11) is 0. The highest BCUT2D eigenvalue weighted by atomic mass is 32.2. The van der Waals surface area contributed by atoms with E-state index in [9.17, 15) is 0 Å². The Morgan fingerprint density at radius 3 is 2.00 bits per heavy atom. The highest BCUT2D eigenvalue weighted by Crippen LogP contribution is 2.22. The Hall–Kier alpha value is -1.05. The van der Waals surface area contributed by atoms with Crippen LogP contribution in [0.1, 0.15) is 26.3 Å². The number of thioether (sulfide) groups is 1. The van der Waals surface area contributed by atoms with Gasteiger partial charge in [-0.15, -0.1) is 11.8 Å². The van der Waals surface area contributed by atoms with E-state index in [2.05, 4.69) is 45.0 Å². The predicted octanol–water partition coefficient (Wildman–Crippen LogP) is 3.17. The zero-order valence-electron chi connectivity index (χ0n) is 9.32. The van der Waals surface area contributed by atoms with E-state index in [1.807, 2.05) is 11.8 Å². The standard InChI is InChI=1S/C11H16S.CO2/c1-4-10-5-7-11(8-6-10)12-9(2)3;2-1-3/h5-9H,4H2,1-3H3;. The molecule has 0 aliphatic rings. The van der Waals surface area contributed by atoms with E-state index >= 15 is 0 Å². The lowest BCUT2D eigenvalue weighted by molar-refractivity contribution is -0.191. The van der Waals surface area contributed by atoms with Crippen molar-refractivity contribution in [1.29, 1.82) is 0 Å². The largest absolute Gasteiger partial charge is 0.373 e. The molecule has 0 bridgehead atoms. The summed E-state index contributed by atoms with van der Waals surface area (Å²) in [4.78, 5) is 17.6. The first-order valence-electron chi connectivity index (χ1n) is 4.88. The van der Waals surface area contributed by atoms with Gasteiger partial charge in [0.05, 0.1) is 0 Å². The predicted molar refractivity (Wildman–Crippen MR) is 61.8 cm³/mol. The van der Waals surface area contributed by atoms with Gasteiger partial charge >= 0.3 is 6.15 Å². The van der Waals surface area contributed by atoms with Crippen LogP contribution in [0.15, 0.2) is 29.2 Å². The highest BCUT2D eigenvalue weighted by Gasteiger charge is 1.96. The van der Waals surface area contributed by atoms with Crippen molar-refractivity contribution in [2.24, 2.45) is 0 Å². The van der Waals surface area contributed by atoms with Crippen LogP contribution in [0.25, 0.3) is 0 Å². The van der Waals surface area contributed by atoms with Gasteiger partial charge in [-0.1, -0.05) is 32.9 Å². The summed E-state index contributed by atoms with van der Waals surface area (Å²) >= 11 is 1.92. The maximum absolute atomic E-state index is 8.12. The van der Waals surface area contributed by atoms with Crippen LogP contribution < -0.4 is 0 Å². The van der Waals surface area contributed by atoms with Gasteiger partial charge in [0.15, 0.2) is 0 Å². The lowest BCUT2D eigenvalue weighted by Gasteiger charge is -2.04.